The van der Waals surface area contributed by atoms with Crippen LogP contribution in [0.4, 0.5) is 0 Å². The molecule has 134 valence electrons. The molecular weight excluding hydrogens is 324 g/mol. The van der Waals surface area contributed by atoms with Gasteiger partial charge in [0.05, 0.1) is 17.9 Å². The first-order valence-electron chi connectivity index (χ1n) is 8.86. The Morgan fingerprint density at radius 1 is 1.08 bits per heavy atom. The average molecular weight is 348 g/mol. The summed E-state index contributed by atoms with van der Waals surface area (Å²) in [6.07, 6.45) is 1.76. The van der Waals surface area contributed by atoms with E-state index >= 15 is 0 Å². The molecule has 0 unspecified atom stereocenters. The Labute approximate surface area is 154 Å². The van der Waals surface area contributed by atoms with Gasteiger partial charge in [0.1, 0.15) is 5.69 Å². The number of rotatable bonds is 6. The molecule has 2 aromatic heterocycles. The summed E-state index contributed by atoms with van der Waals surface area (Å²) in [4.78, 5) is 19.5. The quantitative estimate of drug-likeness (QED) is 0.681. The molecule has 0 fully saturated rings. The van der Waals surface area contributed by atoms with Crippen molar-refractivity contribution in [3.05, 3.63) is 82.9 Å². The van der Waals surface area contributed by atoms with Gasteiger partial charge in [-0.1, -0.05) is 30.3 Å². The zero-order chi connectivity index (χ0) is 18.5. The van der Waals surface area contributed by atoms with Gasteiger partial charge in [-0.25, -0.2) is 0 Å². The largest absolute Gasteiger partial charge is 0.327 e. The summed E-state index contributed by atoms with van der Waals surface area (Å²) in [6, 6.07) is 15.8. The van der Waals surface area contributed by atoms with Gasteiger partial charge < -0.3 is 4.90 Å². The van der Waals surface area contributed by atoms with Gasteiger partial charge in [0.25, 0.3) is 5.91 Å². The number of hydrogen-bond donors (Lipinski definition) is 0. The zero-order valence-corrected chi connectivity index (χ0v) is 15.5. The summed E-state index contributed by atoms with van der Waals surface area (Å²) >= 11 is 0. The van der Waals surface area contributed by atoms with Crippen molar-refractivity contribution in [2.75, 3.05) is 0 Å². The van der Waals surface area contributed by atoms with Gasteiger partial charge in [-0.05, 0) is 50.1 Å². The molecule has 0 atom stereocenters. The van der Waals surface area contributed by atoms with Crippen LogP contribution < -0.4 is 0 Å². The molecule has 0 radical (unpaired) electrons. The van der Waals surface area contributed by atoms with Crippen LogP contribution >= 0.6 is 0 Å². The number of carbonyl (C=O) groups excluding carboxylic acids is 1. The number of benzene rings is 1. The lowest BCUT2D eigenvalue weighted by Crippen LogP contribution is -2.32. The van der Waals surface area contributed by atoms with E-state index in [2.05, 4.69) is 29.1 Å². The average Bonchev–Trinajstić information content (AvgIpc) is 3.04. The Morgan fingerprint density at radius 2 is 1.85 bits per heavy atom. The monoisotopic (exact) mass is 348 g/mol. The van der Waals surface area contributed by atoms with Crippen LogP contribution in [0.5, 0.6) is 0 Å². The van der Waals surface area contributed by atoms with E-state index in [-0.39, 0.29) is 5.91 Å². The number of carbonyl (C=O) groups is 1. The van der Waals surface area contributed by atoms with E-state index in [0.717, 1.165) is 17.0 Å². The molecule has 3 rings (SSSR count). The minimum absolute atomic E-state index is 0.0265. The van der Waals surface area contributed by atoms with Crippen LogP contribution in [0.15, 0.2) is 54.7 Å². The standard InChI is InChI=1S/C21H24N4O/c1-4-25-20(13-17(3)23-25)21(26)24(15-19-11-7-8-12-22-19)14-18-10-6-5-9-16(18)2/h5-13H,4,14-15H2,1-3H3. The van der Waals surface area contributed by atoms with Gasteiger partial charge in [-0.3, -0.25) is 14.5 Å². The van der Waals surface area contributed by atoms with Crippen molar-refractivity contribution < 1.29 is 4.79 Å². The van der Waals surface area contributed by atoms with Crippen molar-refractivity contribution in [1.29, 1.82) is 0 Å². The summed E-state index contributed by atoms with van der Waals surface area (Å²) in [5.41, 5.74) is 4.65. The van der Waals surface area contributed by atoms with E-state index in [1.165, 1.54) is 5.56 Å². The second kappa shape index (κ2) is 7.95. The highest BCUT2D eigenvalue weighted by molar-refractivity contribution is 5.92. The summed E-state index contributed by atoms with van der Waals surface area (Å²) < 4.78 is 1.76. The van der Waals surface area contributed by atoms with Gasteiger partial charge in [-0.15, -0.1) is 0 Å². The van der Waals surface area contributed by atoms with Gasteiger partial charge >= 0.3 is 0 Å². The molecule has 0 saturated heterocycles. The van der Waals surface area contributed by atoms with Crippen LogP contribution in [0.3, 0.4) is 0 Å². The van der Waals surface area contributed by atoms with Crippen LogP contribution in [0, 0.1) is 13.8 Å². The molecule has 2 heterocycles. The van der Waals surface area contributed by atoms with Crippen LogP contribution in [0.1, 0.15) is 39.9 Å². The van der Waals surface area contributed by atoms with Gasteiger partial charge in [-0.2, -0.15) is 5.10 Å². The highest BCUT2D eigenvalue weighted by Crippen LogP contribution is 2.16. The van der Waals surface area contributed by atoms with Crippen molar-refractivity contribution in [2.45, 2.75) is 40.4 Å². The Kier molecular flexibility index (Phi) is 5.46. The number of amides is 1. The third kappa shape index (κ3) is 3.99. The Hall–Kier alpha value is -2.95. The highest BCUT2D eigenvalue weighted by Gasteiger charge is 2.22. The lowest BCUT2D eigenvalue weighted by molar-refractivity contribution is 0.0715. The van der Waals surface area contributed by atoms with Crippen molar-refractivity contribution >= 4 is 5.91 Å². The predicted molar refractivity (Wildman–Crippen MR) is 102 cm³/mol. The molecule has 5 nitrogen and oxygen atoms in total. The van der Waals surface area contributed by atoms with Crippen molar-refractivity contribution in [2.24, 2.45) is 0 Å². The van der Waals surface area contributed by atoms with Crippen LogP contribution in [0.2, 0.25) is 0 Å². The lowest BCUT2D eigenvalue weighted by Gasteiger charge is -2.23. The molecule has 1 aromatic carbocycles. The summed E-state index contributed by atoms with van der Waals surface area (Å²) in [6.45, 7) is 7.63. The molecule has 0 aliphatic heterocycles. The smallest absolute Gasteiger partial charge is 0.272 e. The topological polar surface area (TPSA) is 51.0 Å². The van der Waals surface area contributed by atoms with Crippen molar-refractivity contribution in [3.63, 3.8) is 0 Å². The van der Waals surface area contributed by atoms with E-state index in [4.69, 9.17) is 0 Å². The van der Waals surface area contributed by atoms with E-state index in [0.29, 0.717) is 25.3 Å². The molecule has 0 saturated carbocycles. The molecule has 5 heteroatoms. The molecule has 0 N–H and O–H groups in total. The summed E-state index contributed by atoms with van der Waals surface area (Å²) in [5, 5.41) is 4.42. The molecule has 26 heavy (non-hydrogen) atoms. The first kappa shape index (κ1) is 17.9. The molecule has 0 bridgehead atoms. The number of aryl methyl sites for hydroxylation is 3. The maximum Gasteiger partial charge on any atom is 0.272 e. The number of hydrogen-bond acceptors (Lipinski definition) is 3. The first-order chi connectivity index (χ1) is 12.6. The van der Waals surface area contributed by atoms with Crippen LogP contribution in [0.25, 0.3) is 0 Å². The molecule has 3 aromatic rings. The number of aromatic nitrogens is 3. The third-order valence-electron chi connectivity index (χ3n) is 4.41. The second-order valence-corrected chi connectivity index (χ2v) is 6.40. The van der Waals surface area contributed by atoms with E-state index in [9.17, 15) is 4.79 Å². The Morgan fingerprint density at radius 3 is 2.54 bits per heavy atom. The Bertz CT molecular complexity index is 886. The predicted octanol–water partition coefficient (Wildman–Crippen LogP) is 3.76. The van der Waals surface area contributed by atoms with Crippen LogP contribution in [-0.4, -0.2) is 25.6 Å². The van der Waals surface area contributed by atoms with Crippen LogP contribution in [-0.2, 0) is 19.6 Å². The van der Waals surface area contributed by atoms with Crippen molar-refractivity contribution in [3.8, 4) is 0 Å². The summed E-state index contributed by atoms with van der Waals surface area (Å²) in [7, 11) is 0. The fourth-order valence-corrected chi connectivity index (χ4v) is 3.00. The van der Waals surface area contributed by atoms with Gasteiger partial charge in [0.2, 0.25) is 0 Å². The summed E-state index contributed by atoms with van der Waals surface area (Å²) in [5.74, 6) is -0.0265. The first-order valence-corrected chi connectivity index (χ1v) is 8.86. The normalized spacial score (nSPS) is 10.7. The molecular formula is C21H24N4O. The number of nitrogens with zero attached hydrogens (tertiary/aromatic N) is 4. The fourth-order valence-electron chi connectivity index (χ4n) is 3.00. The molecule has 0 spiro atoms. The zero-order valence-electron chi connectivity index (χ0n) is 15.5. The SMILES string of the molecule is CCn1nc(C)cc1C(=O)N(Cc1ccccn1)Cc1ccccc1C. The van der Waals surface area contributed by atoms with Gasteiger partial charge in [0.15, 0.2) is 0 Å². The lowest BCUT2D eigenvalue weighted by atomic mass is 10.1. The minimum Gasteiger partial charge on any atom is -0.327 e. The fraction of sp³-hybridized carbons (Fsp3) is 0.286. The molecule has 1 amide bonds. The maximum absolute atomic E-state index is 13.3. The minimum atomic E-state index is -0.0265. The Balaban J connectivity index is 1.93. The second-order valence-electron chi connectivity index (χ2n) is 6.40. The van der Waals surface area contributed by atoms with Crippen molar-refractivity contribution in [1.82, 2.24) is 19.7 Å². The maximum atomic E-state index is 13.3. The van der Waals surface area contributed by atoms with E-state index in [1.54, 1.807) is 10.9 Å². The number of pyridine rings is 1. The third-order valence-corrected chi connectivity index (χ3v) is 4.41. The van der Waals surface area contributed by atoms with Gasteiger partial charge in [0, 0.05) is 19.3 Å². The molecule has 0 aliphatic carbocycles. The van der Waals surface area contributed by atoms with E-state index < -0.39 is 0 Å². The molecule has 0 aliphatic rings. The van der Waals surface area contributed by atoms with E-state index in [1.807, 2.05) is 55.1 Å². The highest BCUT2D eigenvalue weighted by atomic mass is 16.2.